The summed E-state index contributed by atoms with van der Waals surface area (Å²) in [6.07, 6.45) is 1.54. The van der Waals surface area contributed by atoms with Gasteiger partial charge in [-0.25, -0.2) is 4.98 Å². The molecule has 0 aromatic carbocycles. The van der Waals surface area contributed by atoms with Gasteiger partial charge in [-0.2, -0.15) is 0 Å². The molecule has 0 saturated heterocycles. The number of azide groups is 1. The number of anilines is 1. The van der Waals surface area contributed by atoms with Crippen molar-refractivity contribution in [3.05, 3.63) is 34.3 Å². The lowest BCUT2D eigenvalue weighted by Crippen LogP contribution is -2.07. The lowest BCUT2D eigenvalue weighted by Gasteiger charge is -2.02. The first-order chi connectivity index (χ1) is 6.25. The van der Waals surface area contributed by atoms with E-state index in [1.54, 1.807) is 18.3 Å². The van der Waals surface area contributed by atoms with Crippen LogP contribution < -0.4 is 5.73 Å². The van der Waals surface area contributed by atoms with Gasteiger partial charge in [0.15, 0.2) is 0 Å². The Morgan fingerprint density at radius 2 is 2.54 bits per heavy atom. The van der Waals surface area contributed by atoms with Crippen molar-refractivity contribution >= 4 is 11.5 Å². The molecule has 3 N–H and O–H groups in total. The van der Waals surface area contributed by atoms with Crippen LogP contribution in [0.15, 0.2) is 23.4 Å². The summed E-state index contributed by atoms with van der Waals surface area (Å²) in [4.78, 5) is 6.36. The fourth-order valence-corrected chi connectivity index (χ4v) is 0.860. The van der Waals surface area contributed by atoms with Crippen LogP contribution in [0, 0.1) is 5.41 Å². The standard InChI is InChI=1S/C7H8N6/c8-6(4-12-13-10)5-2-1-3-11-7(5)9/h1-3,8H,4H2,(H2,9,11). The molecule has 0 aliphatic carbocycles. The molecule has 1 aromatic heterocycles. The minimum Gasteiger partial charge on any atom is -0.383 e. The van der Waals surface area contributed by atoms with E-state index in [9.17, 15) is 0 Å². The number of pyridine rings is 1. The maximum Gasteiger partial charge on any atom is 0.132 e. The Bertz CT molecular complexity index is 365. The molecule has 0 atom stereocenters. The summed E-state index contributed by atoms with van der Waals surface area (Å²) in [7, 11) is 0. The van der Waals surface area contributed by atoms with E-state index in [0.29, 0.717) is 5.56 Å². The van der Waals surface area contributed by atoms with E-state index in [0.717, 1.165) is 0 Å². The van der Waals surface area contributed by atoms with Crippen molar-refractivity contribution in [3.63, 3.8) is 0 Å². The summed E-state index contributed by atoms with van der Waals surface area (Å²) < 4.78 is 0. The summed E-state index contributed by atoms with van der Waals surface area (Å²) in [6, 6.07) is 3.34. The normalized spacial score (nSPS) is 8.92. The summed E-state index contributed by atoms with van der Waals surface area (Å²) in [5.74, 6) is 0.278. The first-order valence-electron chi connectivity index (χ1n) is 3.55. The SMILES string of the molecule is [N-]=[N+]=NCC(=N)c1cccnc1N. The number of hydrogen-bond donors (Lipinski definition) is 2. The fraction of sp³-hybridized carbons (Fsp3) is 0.143. The van der Waals surface area contributed by atoms with Crippen LogP contribution in [0.4, 0.5) is 5.82 Å². The van der Waals surface area contributed by atoms with E-state index in [1.165, 1.54) is 0 Å². The molecular weight excluding hydrogens is 168 g/mol. The van der Waals surface area contributed by atoms with Crippen molar-refractivity contribution in [1.82, 2.24) is 4.98 Å². The van der Waals surface area contributed by atoms with Crippen molar-refractivity contribution in [2.75, 3.05) is 12.3 Å². The molecule has 0 aliphatic rings. The second kappa shape index (κ2) is 4.08. The number of nitrogen functional groups attached to an aromatic ring is 1. The molecule has 0 fully saturated rings. The van der Waals surface area contributed by atoms with Crippen LogP contribution in [-0.4, -0.2) is 17.2 Å². The van der Waals surface area contributed by atoms with Gasteiger partial charge in [0.2, 0.25) is 0 Å². The molecule has 0 unspecified atom stereocenters. The van der Waals surface area contributed by atoms with Crippen molar-refractivity contribution in [2.45, 2.75) is 0 Å². The highest BCUT2D eigenvalue weighted by Gasteiger charge is 2.03. The zero-order valence-electron chi connectivity index (χ0n) is 6.81. The molecule has 1 heterocycles. The average molecular weight is 176 g/mol. The van der Waals surface area contributed by atoms with E-state index in [4.69, 9.17) is 16.7 Å². The van der Waals surface area contributed by atoms with Gasteiger partial charge in [0.05, 0.1) is 6.54 Å². The quantitative estimate of drug-likeness (QED) is 0.313. The largest absolute Gasteiger partial charge is 0.383 e. The van der Waals surface area contributed by atoms with Crippen molar-refractivity contribution < 1.29 is 0 Å². The zero-order valence-corrected chi connectivity index (χ0v) is 6.81. The van der Waals surface area contributed by atoms with E-state index in [-0.39, 0.29) is 18.1 Å². The van der Waals surface area contributed by atoms with E-state index in [2.05, 4.69) is 15.0 Å². The number of aromatic nitrogens is 1. The van der Waals surface area contributed by atoms with Crippen LogP contribution in [0.2, 0.25) is 0 Å². The predicted molar refractivity (Wildman–Crippen MR) is 49.5 cm³/mol. The molecule has 0 aliphatic heterocycles. The predicted octanol–water partition coefficient (Wildman–Crippen LogP) is 1.34. The number of hydrogen-bond acceptors (Lipinski definition) is 4. The van der Waals surface area contributed by atoms with Crippen LogP contribution in [0.25, 0.3) is 10.4 Å². The first-order valence-corrected chi connectivity index (χ1v) is 3.55. The van der Waals surface area contributed by atoms with Gasteiger partial charge >= 0.3 is 0 Å². The van der Waals surface area contributed by atoms with Gasteiger partial charge < -0.3 is 11.1 Å². The minimum absolute atomic E-state index is 0.00755. The van der Waals surface area contributed by atoms with Crippen molar-refractivity contribution in [3.8, 4) is 0 Å². The van der Waals surface area contributed by atoms with Gasteiger partial charge in [-0.3, -0.25) is 0 Å². The Balaban J connectivity index is 2.88. The summed E-state index contributed by atoms with van der Waals surface area (Å²) in [6.45, 7) is -0.00755. The van der Waals surface area contributed by atoms with Gasteiger partial charge in [-0.05, 0) is 17.7 Å². The van der Waals surface area contributed by atoms with Crippen LogP contribution in [0.3, 0.4) is 0 Å². The van der Waals surface area contributed by atoms with Crippen LogP contribution in [0.5, 0.6) is 0 Å². The topological polar surface area (TPSA) is 112 Å². The highest BCUT2D eigenvalue weighted by atomic mass is 15.1. The molecule has 0 bridgehead atoms. The maximum absolute atomic E-state index is 8.05. The molecule has 0 saturated carbocycles. The first kappa shape index (κ1) is 9.02. The second-order valence-electron chi connectivity index (χ2n) is 2.30. The lowest BCUT2D eigenvalue weighted by atomic mass is 10.1. The smallest absolute Gasteiger partial charge is 0.132 e. The number of nitrogens with two attached hydrogens (primary N) is 1. The monoisotopic (exact) mass is 176 g/mol. The van der Waals surface area contributed by atoms with E-state index in [1.807, 2.05) is 0 Å². The Morgan fingerprint density at radius 3 is 3.15 bits per heavy atom. The van der Waals surface area contributed by atoms with Crippen LogP contribution >= 0.6 is 0 Å². The Kier molecular flexibility index (Phi) is 2.83. The highest BCUT2D eigenvalue weighted by molar-refractivity contribution is 6.03. The number of nitrogens with zero attached hydrogens (tertiary/aromatic N) is 4. The molecule has 1 rings (SSSR count). The molecule has 6 heteroatoms. The average Bonchev–Trinajstić information content (AvgIpc) is 2.15. The van der Waals surface area contributed by atoms with Gasteiger partial charge in [0, 0.05) is 22.4 Å². The maximum atomic E-state index is 8.05. The third kappa shape index (κ3) is 2.18. The minimum atomic E-state index is -0.00755. The lowest BCUT2D eigenvalue weighted by molar-refractivity contribution is 1.21. The van der Waals surface area contributed by atoms with E-state index < -0.39 is 0 Å². The second-order valence-corrected chi connectivity index (χ2v) is 2.30. The Labute approximate surface area is 74.5 Å². The van der Waals surface area contributed by atoms with Gasteiger partial charge in [-0.1, -0.05) is 5.11 Å². The van der Waals surface area contributed by atoms with Crippen LogP contribution in [0.1, 0.15) is 5.56 Å². The van der Waals surface area contributed by atoms with Crippen molar-refractivity contribution in [1.29, 1.82) is 5.41 Å². The third-order valence-corrected chi connectivity index (χ3v) is 1.46. The number of nitrogens with one attached hydrogen (secondary N) is 1. The summed E-state index contributed by atoms with van der Waals surface area (Å²) >= 11 is 0. The molecule has 0 spiro atoms. The highest BCUT2D eigenvalue weighted by Crippen LogP contribution is 2.07. The zero-order chi connectivity index (χ0) is 9.68. The third-order valence-electron chi connectivity index (χ3n) is 1.46. The van der Waals surface area contributed by atoms with Gasteiger partial charge in [0.25, 0.3) is 0 Å². The molecule has 66 valence electrons. The summed E-state index contributed by atoms with van der Waals surface area (Å²) in [5.41, 5.74) is 14.2. The van der Waals surface area contributed by atoms with Crippen LogP contribution in [-0.2, 0) is 0 Å². The Hall–Kier alpha value is -2.07. The fourth-order valence-electron chi connectivity index (χ4n) is 0.860. The molecule has 0 amide bonds. The number of rotatable bonds is 3. The van der Waals surface area contributed by atoms with Crippen molar-refractivity contribution in [2.24, 2.45) is 5.11 Å². The molecule has 1 aromatic rings. The Morgan fingerprint density at radius 1 is 1.77 bits per heavy atom. The van der Waals surface area contributed by atoms with E-state index >= 15 is 0 Å². The molecule has 13 heavy (non-hydrogen) atoms. The molecule has 0 radical (unpaired) electrons. The molecular formula is C7H8N6. The summed E-state index contributed by atoms with van der Waals surface area (Å²) in [5, 5.41) is 10.8. The van der Waals surface area contributed by atoms with Gasteiger partial charge in [0.1, 0.15) is 5.82 Å². The molecule has 6 nitrogen and oxygen atoms in total. The van der Waals surface area contributed by atoms with Gasteiger partial charge in [-0.15, -0.1) is 0 Å².